The molecule has 0 rings (SSSR count). The number of nitrogens with two attached hydrogens (primary N) is 1. The number of nitrogens with one attached hydrogen (secondary N) is 1. The van der Waals surface area contributed by atoms with Gasteiger partial charge in [-0.05, 0) is 25.6 Å². The maximum atomic E-state index is 5.27. The summed E-state index contributed by atoms with van der Waals surface area (Å²) in [5.74, 6) is 0.664. The molecule has 0 bridgehead atoms. The summed E-state index contributed by atoms with van der Waals surface area (Å²) in [6.45, 7) is 4.65. The summed E-state index contributed by atoms with van der Waals surface area (Å²) in [5, 5.41) is 4.09. The van der Waals surface area contributed by atoms with Crippen molar-refractivity contribution in [2.75, 3.05) is 6.61 Å². The highest BCUT2D eigenvalue weighted by Gasteiger charge is 1.98. The molecule has 4 nitrogen and oxygen atoms in total. The first-order valence-corrected chi connectivity index (χ1v) is 4.86. The first kappa shape index (κ1) is 12.2. The smallest absolute Gasteiger partial charge is 0.206 e. The molecule has 0 saturated heterocycles. The second-order valence-corrected chi connectivity index (χ2v) is 2.96. The van der Waals surface area contributed by atoms with E-state index in [0.717, 1.165) is 19.3 Å². The van der Waals surface area contributed by atoms with Crippen molar-refractivity contribution in [2.45, 2.75) is 33.1 Å². The molecule has 76 valence electrons. The molecular weight excluding hydrogens is 186 g/mol. The largest absolute Gasteiger partial charge is 0.480 e. The topological polar surface area (TPSA) is 59.6 Å². The summed E-state index contributed by atoms with van der Waals surface area (Å²) < 4.78 is 5.27. The summed E-state index contributed by atoms with van der Waals surface area (Å²) in [6.07, 6.45) is 2.98. The number of hydrogen-bond donors (Lipinski definition) is 2. The van der Waals surface area contributed by atoms with Crippen LogP contribution in [0.2, 0.25) is 0 Å². The molecule has 0 amide bonds. The molecule has 5 heteroatoms. The van der Waals surface area contributed by atoms with Crippen molar-refractivity contribution in [3.05, 3.63) is 0 Å². The van der Waals surface area contributed by atoms with E-state index in [4.69, 9.17) is 10.5 Å². The lowest BCUT2D eigenvalue weighted by molar-refractivity contribution is 0.313. The number of nitrogens with zero attached hydrogens (tertiary/aromatic N) is 1. The van der Waals surface area contributed by atoms with E-state index in [9.17, 15) is 0 Å². The van der Waals surface area contributed by atoms with Gasteiger partial charge in [0.05, 0.1) is 6.61 Å². The fraction of sp³-hybridized carbons (Fsp3) is 0.750. The minimum atomic E-state index is 0.161. The van der Waals surface area contributed by atoms with Crippen molar-refractivity contribution >= 4 is 23.2 Å². The number of unbranched alkanes of at least 4 members (excludes halogenated alkanes) is 1. The molecule has 0 saturated carbocycles. The highest BCUT2D eigenvalue weighted by molar-refractivity contribution is 7.80. The quantitative estimate of drug-likeness (QED) is 0.306. The molecule has 0 aliphatic rings. The van der Waals surface area contributed by atoms with Gasteiger partial charge >= 0.3 is 0 Å². The normalized spacial score (nSPS) is 11.1. The van der Waals surface area contributed by atoms with Gasteiger partial charge in [-0.1, -0.05) is 13.3 Å². The summed E-state index contributed by atoms with van der Waals surface area (Å²) >= 11 is 4.61. The Morgan fingerprint density at radius 1 is 1.54 bits per heavy atom. The fourth-order valence-electron chi connectivity index (χ4n) is 0.772. The summed E-state index contributed by atoms with van der Waals surface area (Å²) in [4.78, 5) is 0. The first-order chi connectivity index (χ1) is 6.20. The van der Waals surface area contributed by atoms with Crippen molar-refractivity contribution in [1.29, 1.82) is 0 Å². The van der Waals surface area contributed by atoms with E-state index < -0.39 is 0 Å². The molecule has 0 spiro atoms. The summed E-state index contributed by atoms with van der Waals surface area (Å²) in [7, 11) is 0. The van der Waals surface area contributed by atoms with Crippen LogP contribution in [0.4, 0.5) is 0 Å². The van der Waals surface area contributed by atoms with Crippen LogP contribution in [0, 0.1) is 0 Å². The Balaban J connectivity index is 3.90. The van der Waals surface area contributed by atoms with Crippen molar-refractivity contribution in [3.8, 4) is 0 Å². The van der Waals surface area contributed by atoms with Crippen molar-refractivity contribution < 1.29 is 4.74 Å². The van der Waals surface area contributed by atoms with Gasteiger partial charge in [-0.3, -0.25) is 5.43 Å². The summed E-state index contributed by atoms with van der Waals surface area (Å²) in [5.41, 5.74) is 7.73. The van der Waals surface area contributed by atoms with E-state index in [-0.39, 0.29) is 5.11 Å². The maximum Gasteiger partial charge on any atom is 0.206 e. The Morgan fingerprint density at radius 2 is 2.23 bits per heavy atom. The molecular formula is C8H17N3OS. The molecule has 0 radical (unpaired) electrons. The molecule has 0 atom stereocenters. The van der Waals surface area contributed by atoms with Gasteiger partial charge in [0.15, 0.2) is 5.11 Å². The van der Waals surface area contributed by atoms with Gasteiger partial charge in [0.1, 0.15) is 0 Å². The van der Waals surface area contributed by atoms with E-state index in [2.05, 4.69) is 29.7 Å². The minimum Gasteiger partial charge on any atom is -0.480 e. The van der Waals surface area contributed by atoms with Gasteiger partial charge in [-0.2, -0.15) is 0 Å². The van der Waals surface area contributed by atoms with Crippen LogP contribution in [-0.4, -0.2) is 17.6 Å². The molecule has 0 heterocycles. The summed E-state index contributed by atoms with van der Waals surface area (Å²) in [6, 6.07) is 0. The Bertz CT molecular complexity index is 182. The lowest BCUT2D eigenvalue weighted by Gasteiger charge is -2.06. The molecule has 0 aromatic heterocycles. The van der Waals surface area contributed by atoms with Gasteiger partial charge in [-0.25, -0.2) is 0 Å². The SMILES string of the molecule is CCCC/C(=N/NC(N)=S)OCC. The van der Waals surface area contributed by atoms with E-state index in [0.29, 0.717) is 12.5 Å². The second-order valence-electron chi connectivity index (χ2n) is 2.52. The van der Waals surface area contributed by atoms with E-state index in [1.165, 1.54) is 0 Å². The highest BCUT2D eigenvalue weighted by Crippen LogP contribution is 1.97. The van der Waals surface area contributed by atoms with Gasteiger partial charge < -0.3 is 10.5 Å². The molecule has 3 N–H and O–H groups in total. The Hall–Kier alpha value is -0.840. The number of hydrazone groups is 1. The van der Waals surface area contributed by atoms with Crippen LogP contribution < -0.4 is 11.2 Å². The Labute approximate surface area is 84.5 Å². The van der Waals surface area contributed by atoms with Crippen molar-refractivity contribution in [1.82, 2.24) is 5.43 Å². The number of rotatable bonds is 5. The zero-order chi connectivity index (χ0) is 10.1. The average Bonchev–Trinajstić information content (AvgIpc) is 2.09. The lowest BCUT2D eigenvalue weighted by Crippen LogP contribution is -2.26. The highest BCUT2D eigenvalue weighted by atomic mass is 32.1. The number of hydrogen-bond acceptors (Lipinski definition) is 3. The number of ether oxygens (including phenoxy) is 1. The first-order valence-electron chi connectivity index (χ1n) is 4.45. The third-order valence-corrected chi connectivity index (χ3v) is 1.44. The van der Waals surface area contributed by atoms with Crippen molar-refractivity contribution in [2.24, 2.45) is 10.8 Å². The third kappa shape index (κ3) is 7.52. The molecule has 0 aromatic rings. The fourth-order valence-corrected chi connectivity index (χ4v) is 0.818. The molecule has 0 unspecified atom stereocenters. The van der Waals surface area contributed by atoms with Crippen LogP contribution in [0.5, 0.6) is 0 Å². The molecule has 13 heavy (non-hydrogen) atoms. The van der Waals surface area contributed by atoms with Crippen LogP contribution in [0.25, 0.3) is 0 Å². The Morgan fingerprint density at radius 3 is 2.69 bits per heavy atom. The number of thiocarbonyl (C=S) groups is 1. The molecule has 0 aliphatic heterocycles. The van der Waals surface area contributed by atoms with Gasteiger partial charge in [0.2, 0.25) is 5.90 Å². The third-order valence-electron chi connectivity index (χ3n) is 1.35. The monoisotopic (exact) mass is 203 g/mol. The minimum absolute atomic E-state index is 0.161. The second kappa shape index (κ2) is 7.79. The molecule has 0 fully saturated rings. The van der Waals surface area contributed by atoms with Gasteiger partial charge in [0.25, 0.3) is 0 Å². The standard InChI is InChI=1S/C8H17N3OS/c1-3-5-6-7(12-4-2)10-11-8(9)13/h3-6H2,1-2H3,(H3,9,11,13)/b10-7-. The Kier molecular flexibility index (Phi) is 7.29. The van der Waals surface area contributed by atoms with Crippen LogP contribution in [0.15, 0.2) is 5.10 Å². The average molecular weight is 203 g/mol. The van der Waals surface area contributed by atoms with Crippen LogP contribution in [0.1, 0.15) is 33.1 Å². The van der Waals surface area contributed by atoms with Gasteiger partial charge in [-0.15, -0.1) is 5.10 Å². The molecule has 0 aliphatic carbocycles. The maximum absolute atomic E-state index is 5.27. The van der Waals surface area contributed by atoms with E-state index in [1.54, 1.807) is 0 Å². The molecule has 0 aromatic carbocycles. The predicted octanol–water partition coefficient (Wildman–Crippen LogP) is 1.36. The van der Waals surface area contributed by atoms with Crippen LogP contribution in [0.3, 0.4) is 0 Å². The predicted molar refractivity (Wildman–Crippen MR) is 58.5 cm³/mol. The zero-order valence-electron chi connectivity index (χ0n) is 8.17. The van der Waals surface area contributed by atoms with Gasteiger partial charge in [0, 0.05) is 6.42 Å². The lowest BCUT2D eigenvalue weighted by atomic mass is 10.2. The van der Waals surface area contributed by atoms with Crippen LogP contribution in [-0.2, 0) is 4.74 Å². The van der Waals surface area contributed by atoms with E-state index in [1.807, 2.05) is 6.92 Å². The van der Waals surface area contributed by atoms with Crippen LogP contribution >= 0.6 is 12.2 Å². The van der Waals surface area contributed by atoms with Crippen molar-refractivity contribution in [3.63, 3.8) is 0 Å². The zero-order valence-corrected chi connectivity index (χ0v) is 8.99. The van der Waals surface area contributed by atoms with E-state index >= 15 is 0 Å².